The van der Waals surface area contributed by atoms with Gasteiger partial charge in [-0.1, -0.05) is 18.6 Å². The number of para-hydroxylation sites is 1. The van der Waals surface area contributed by atoms with Crippen molar-refractivity contribution >= 4 is 11.8 Å². The highest BCUT2D eigenvalue weighted by Gasteiger charge is 2.26. The first-order valence-electron chi connectivity index (χ1n) is 6.76. The van der Waals surface area contributed by atoms with Gasteiger partial charge in [0.2, 0.25) is 0 Å². The summed E-state index contributed by atoms with van der Waals surface area (Å²) in [6.07, 6.45) is 6.14. The van der Waals surface area contributed by atoms with E-state index in [-0.39, 0.29) is 0 Å². The maximum absolute atomic E-state index is 5.47. The standard InChI is InChI=1S/C15H23NO2S/c1-17-13-8-4-6-11(15(13)18-2)10-16-12-7-5-9-14(12)19-3/h4,6,8,12,14,16H,5,7,9-10H2,1-3H3. The highest BCUT2D eigenvalue weighted by Crippen LogP contribution is 2.32. The zero-order valence-corrected chi connectivity index (χ0v) is 12.8. The van der Waals surface area contributed by atoms with Crippen LogP contribution in [0.2, 0.25) is 0 Å². The third-order valence-corrected chi connectivity index (χ3v) is 4.96. The quantitative estimate of drug-likeness (QED) is 0.868. The molecule has 2 unspecified atom stereocenters. The van der Waals surface area contributed by atoms with E-state index in [1.54, 1.807) is 14.2 Å². The average Bonchev–Trinajstić information content (AvgIpc) is 2.91. The van der Waals surface area contributed by atoms with Gasteiger partial charge in [0.1, 0.15) is 0 Å². The molecule has 0 saturated heterocycles. The summed E-state index contributed by atoms with van der Waals surface area (Å²) in [6, 6.07) is 6.66. The number of nitrogens with one attached hydrogen (secondary N) is 1. The van der Waals surface area contributed by atoms with Crippen molar-refractivity contribution in [1.29, 1.82) is 0 Å². The van der Waals surface area contributed by atoms with Crippen molar-refractivity contribution in [2.45, 2.75) is 37.1 Å². The SMILES string of the molecule is COc1cccc(CNC2CCCC2SC)c1OC. The number of rotatable bonds is 6. The second-order valence-corrected chi connectivity index (χ2v) is 5.92. The third kappa shape index (κ3) is 3.37. The zero-order valence-electron chi connectivity index (χ0n) is 11.9. The molecule has 1 N–H and O–H groups in total. The van der Waals surface area contributed by atoms with Crippen molar-refractivity contribution < 1.29 is 9.47 Å². The van der Waals surface area contributed by atoms with Gasteiger partial charge in [-0.2, -0.15) is 11.8 Å². The first kappa shape index (κ1) is 14.5. The molecule has 0 radical (unpaired) electrons. The van der Waals surface area contributed by atoms with E-state index in [0.717, 1.165) is 28.9 Å². The molecule has 2 atom stereocenters. The molecule has 3 nitrogen and oxygen atoms in total. The fourth-order valence-electron chi connectivity index (χ4n) is 2.78. The second kappa shape index (κ2) is 7.06. The van der Waals surface area contributed by atoms with Crippen LogP contribution in [0.3, 0.4) is 0 Å². The molecule has 4 heteroatoms. The topological polar surface area (TPSA) is 30.5 Å². The van der Waals surface area contributed by atoms with Crippen molar-refractivity contribution in [2.24, 2.45) is 0 Å². The number of hydrogen-bond donors (Lipinski definition) is 1. The zero-order chi connectivity index (χ0) is 13.7. The summed E-state index contributed by atoms with van der Waals surface area (Å²) in [5.74, 6) is 1.64. The number of methoxy groups -OCH3 is 2. The maximum Gasteiger partial charge on any atom is 0.165 e. The van der Waals surface area contributed by atoms with Gasteiger partial charge in [-0.15, -0.1) is 0 Å². The lowest BCUT2D eigenvalue weighted by molar-refractivity contribution is 0.350. The molecule has 1 saturated carbocycles. The molecule has 1 fully saturated rings. The van der Waals surface area contributed by atoms with Crippen molar-refractivity contribution in [3.63, 3.8) is 0 Å². The minimum absolute atomic E-state index is 0.617. The fraction of sp³-hybridized carbons (Fsp3) is 0.600. The first-order valence-corrected chi connectivity index (χ1v) is 8.05. The molecule has 0 amide bonds. The molecule has 2 rings (SSSR count). The monoisotopic (exact) mass is 281 g/mol. The van der Waals surface area contributed by atoms with Crippen LogP contribution >= 0.6 is 11.8 Å². The summed E-state index contributed by atoms with van der Waals surface area (Å²) in [6.45, 7) is 0.835. The molecule has 1 aliphatic rings. The Morgan fingerprint density at radius 2 is 2.11 bits per heavy atom. The van der Waals surface area contributed by atoms with Crippen molar-refractivity contribution in [1.82, 2.24) is 5.32 Å². The Hall–Kier alpha value is -0.870. The van der Waals surface area contributed by atoms with Gasteiger partial charge in [0, 0.05) is 23.4 Å². The predicted molar refractivity (Wildman–Crippen MR) is 81.3 cm³/mol. The predicted octanol–water partition coefficient (Wildman–Crippen LogP) is 3.08. The van der Waals surface area contributed by atoms with Crippen LogP contribution in [0.25, 0.3) is 0 Å². The van der Waals surface area contributed by atoms with E-state index in [4.69, 9.17) is 9.47 Å². The molecular weight excluding hydrogens is 258 g/mol. The van der Waals surface area contributed by atoms with Gasteiger partial charge in [0.15, 0.2) is 11.5 Å². The lowest BCUT2D eigenvalue weighted by Gasteiger charge is -2.20. The summed E-state index contributed by atoms with van der Waals surface area (Å²) in [5, 5.41) is 4.42. The lowest BCUT2D eigenvalue weighted by atomic mass is 10.1. The van der Waals surface area contributed by atoms with E-state index >= 15 is 0 Å². The van der Waals surface area contributed by atoms with Crippen LogP contribution in [0.4, 0.5) is 0 Å². The Kier molecular flexibility index (Phi) is 5.40. The van der Waals surface area contributed by atoms with Crippen LogP contribution in [-0.2, 0) is 6.54 Å². The summed E-state index contributed by atoms with van der Waals surface area (Å²) >= 11 is 1.97. The molecule has 19 heavy (non-hydrogen) atoms. The summed E-state index contributed by atoms with van der Waals surface area (Å²) < 4.78 is 10.8. The molecule has 0 heterocycles. The Balaban J connectivity index is 2.03. The molecular formula is C15H23NO2S. The van der Waals surface area contributed by atoms with Crippen LogP contribution in [0, 0.1) is 0 Å². The Bertz CT molecular complexity index is 411. The molecule has 1 aromatic rings. The number of benzene rings is 1. The molecule has 0 aromatic heterocycles. The van der Waals surface area contributed by atoms with Gasteiger partial charge in [0.25, 0.3) is 0 Å². The van der Waals surface area contributed by atoms with Crippen LogP contribution in [0.5, 0.6) is 11.5 Å². The smallest absolute Gasteiger partial charge is 0.165 e. The van der Waals surface area contributed by atoms with Crippen molar-refractivity contribution in [3.05, 3.63) is 23.8 Å². The molecule has 0 bridgehead atoms. The van der Waals surface area contributed by atoms with Gasteiger partial charge in [-0.25, -0.2) is 0 Å². The number of hydrogen-bond acceptors (Lipinski definition) is 4. The van der Waals surface area contributed by atoms with E-state index in [1.807, 2.05) is 23.9 Å². The lowest BCUT2D eigenvalue weighted by Crippen LogP contribution is -2.33. The maximum atomic E-state index is 5.47. The highest BCUT2D eigenvalue weighted by atomic mass is 32.2. The van der Waals surface area contributed by atoms with E-state index in [2.05, 4.69) is 17.6 Å². The van der Waals surface area contributed by atoms with Crippen molar-refractivity contribution in [2.75, 3.05) is 20.5 Å². The normalized spacial score (nSPS) is 22.5. The number of ether oxygens (including phenoxy) is 2. The Morgan fingerprint density at radius 1 is 1.26 bits per heavy atom. The Morgan fingerprint density at radius 3 is 2.79 bits per heavy atom. The van der Waals surface area contributed by atoms with Gasteiger partial charge in [0.05, 0.1) is 14.2 Å². The Labute approximate surface area is 120 Å². The minimum atomic E-state index is 0.617. The van der Waals surface area contributed by atoms with Gasteiger partial charge in [-0.05, 0) is 25.2 Å². The third-order valence-electron chi connectivity index (χ3n) is 3.79. The van der Waals surface area contributed by atoms with Gasteiger partial charge >= 0.3 is 0 Å². The van der Waals surface area contributed by atoms with E-state index in [9.17, 15) is 0 Å². The average molecular weight is 281 g/mol. The first-order chi connectivity index (χ1) is 9.30. The summed E-state index contributed by atoms with van der Waals surface area (Å²) in [5.41, 5.74) is 1.16. The van der Waals surface area contributed by atoms with Crippen molar-refractivity contribution in [3.8, 4) is 11.5 Å². The van der Waals surface area contributed by atoms with E-state index in [0.29, 0.717) is 6.04 Å². The molecule has 0 aliphatic heterocycles. The molecule has 1 aliphatic carbocycles. The summed E-state index contributed by atoms with van der Waals surface area (Å²) in [7, 11) is 3.37. The summed E-state index contributed by atoms with van der Waals surface area (Å²) in [4.78, 5) is 0. The van der Waals surface area contributed by atoms with Crippen LogP contribution in [-0.4, -0.2) is 31.8 Å². The van der Waals surface area contributed by atoms with E-state index < -0.39 is 0 Å². The second-order valence-electron chi connectivity index (χ2n) is 4.85. The van der Waals surface area contributed by atoms with Gasteiger partial charge < -0.3 is 14.8 Å². The van der Waals surface area contributed by atoms with Crippen LogP contribution in [0.1, 0.15) is 24.8 Å². The van der Waals surface area contributed by atoms with Gasteiger partial charge in [-0.3, -0.25) is 0 Å². The highest BCUT2D eigenvalue weighted by molar-refractivity contribution is 7.99. The fourth-order valence-corrected chi connectivity index (χ4v) is 3.74. The molecule has 106 valence electrons. The number of thioether (sulfide) groups is 1. The largest absolute Gasteiger partial charge is 0.493 e. The minimum Gasteiger partial charge on any atom is -0.493 e. The molecule has 1 aromatic carbocycles. The van der Waals surface area contributed by atoms with Crippen LogP contribution in [0.15, 0.2) is 18.2 Å². The molecule has 0 spiro atoms. The van der Waals surface area contributed by atoms with E-state index in [1.165, 1.54) is 19.3 Å². The van der Waals surface area contributed by atoms with Crippen LogP contribution < -0.4 is 14.8 Å².